The predicted octanol–water partition coefficient (Wildman–Crippen LogP) is 3.86. The molecule has 0 aliphatic rings. The van der Waals surface area contributed by atoms with Gasteiger partial charge in [-0.15, -0.1) is 0 Å². The molecule has 0 amide bonds. The standard InChI is InChI=1S/2C10H12O3.C6H5.Sb/c2*1-7-4-3-5-9(8(7)2)13-6-10(11)12;1-2-4-6-5-3-1;/h2*3-5H,6H2,1-2H3,(H,11,12);1-5H;/q;;;+2/p-2. The first-order valence-electron chi connectivity index (χ1n) is 10.5. The van der Waals surface area contributed by atoms with Gasteiger partial charge in [-0.1, -0.05) is 0 Å². The monoisotopic (exact) mass is 556 g/mol. The van der Waals surface area contributed by atoms with Gasteiger partial charge in [0.1, 0.15) is 0 Å². The predicted molar refractivity (Wildman–Crippen MR) is 127 cm³/mol. The summed E-state index contributed by atoms with van der Waals surface area (Å²) >= 11 is -3.39. The van der Waals surface area contributed by atoms with E-state index in [2.05, 4.69) is 0 Å². The summed E-state index contributed by atoms with van der Waals surface area (Å²) in [6.45, 7) is 7.26. The van der Waals surface area contributed by atoms with Crippen molar-refractivity contribution >= 4 is 36.5 Å². The van der Waals surface area contributed by atoms with E-state index >= 15 is 0 Å². The van der Waals surface area contributed by atoms with Gasteiger partial charge in [0, 0.05) is 0 Å². The molecule has 3 aromatic rings. The second-order valence-electron chi connectivity index (χ2n) is 7.49. The van der Waals surface area contributed by atoms with Gasteiger partial charge in [0.25, 0.3) is 0 Å². The fraction of sp³-hybridized carbons (Fsp3) is 0.231. The molecule has 0 heterocycles. The maximum atomic E-state index is 12.5. The van der Waals surface area contributed by atoms with Gasteiger partial charge in [-0.05, 0) is 0 Å². The van der Waals surface area contributed by atoms with Crippen molar-refractivity contribution in [2.24, 2.45) is 0 Å². The summed E-state index contributed by atoms with van der Waals surface area (Å²) in [6, 6.07) is 20.3. The maximum absolute atomic E-state index is 12.5. The number of rotatable bonds is 9. The molecule has 0 atom stereocenters. The van der Waals surface area contributed by atoms with Crippen molar-refractivity contribution in [1.82, 2.24) is 0 Å². The Morgan fingerprint density at radius 1 is 0.636 bits per heavy atom. The number of benzene rings is 3. The Bertz CT molecular complexity index is 1040. The summed E-state index contributed by atoms with van der Waals surface area (Å²) in [6.07, 6.45) is 0. The van der Waals surface area contributed by atoms with Crippen LogP contribution in [0.15, 0.2) is 66.7 Å². The van der Waals surface area contributed by atoms with Crippen molar-refractivity contribution in [2.45, 2.75) is 27.7 Å². The van der Waals surface area contributed by atoms with E-state index in [1.165, 1.54) is 0 Å². The van der Waals surface area contributed by atoms with Gasteiger partial charge in [0.2, 0.25) is 0 Å². The number of carbonyl (C=O) groups is 2. The van der Waals surface area contributed by atoms with Gasteiger partial charge in [-0.25, -0.2) is 0 Å². The van der Waals surface area contributed by atoms with Crippen molar-refractivity contribution in [3.63, 3.8) is 0 Å². The van der Waals surface area contributed by atoms with E-state index in [9.17, 15) is 9.59 Å². The van der Waals surface area contributed by atoms with E-state index < -0.39 is 33.0 Å². The van der Waals surface area contributed by atoms with Crippen LogP contribution in [0.5, 0.6) is 11.5 Å². The van der Waals surface area contributed by atoms with E-state index in [1.54, 1.807) is 24.3 Å². The molecule has 0 fully saturated rings. The Balaban J connectivity index is 1.62. The number of aryl methyl sites for hydroxylation is 2. The molecule has 0 N–H and O–H groups in total. The Morgan fingerprint density at radius 2 is 1.09 bits per heavy atom. The van der Waals surface area contributed by atoms with E-state index in [4.69, 9.17) is 15.5 Å². The molecule has 0 aliphatic carbocycles. The SMILES string of the molecule is Cc1cccc(OCC(=O)[O][Sb]([O]C(=O)COc2cccc(C)c2C)[c]2ccccc2)c1C. The first-order valence-corrected chi connectivity index (χ1v) is 13.9. The summed E-state index contributed by atoms with van der Waals surface area (Å²) < 4.78 is 23.2. The molecule has 0 bridgehead atoms. The minimum atomic E-state index is -3.39. The Labute approximate surface area is 202 Å². The fourth-order valence-corrected chi connectivity index (χ4v) is 6.20. The van der Waals surface area contributed by atoms with Gasteiger partial charge in [-0.3, -0.25) is 0 Å². The summed E-state index contributed by atoms with van der Waals surface area (Å²) in [4.78, 5) is 25.0. The third-order valence-electron chi connectivity index (χ3n) is 5.14. The van der Waals surface area contributed by atoms with Crippen molar-refractivity contribution < 1.29 is 25.1 Å². The molecule has 6 nitrogen and oxygen atoms in total. The van der Waals surface area contributed by atoms with Crippen LogP contribution in [0.2, 0.25) is 0 Å². The molecular weight excluding hydrogens is 530 g/mol. The fourth-order valence-electron chi connectivity index (χ4n) is 2.95. The van der Waals surface area contributed by atoms with E-state index in [1.807, 2.05) is 70.2 Å². The average molecular weight is 557 g/mol. The van der Waals surface area contributed by atoms with E-state index in [-0.39, 0.29) is 13.2 Å². The molecule has 0 saturated carbocycles. The molecule has 0 aliphatic heterocycles. The number of hydrogen-bond acceptors (Lipinski definition) is 6. The zero-order chi connectivity index (χ0) is 23.8. The minimum absolute atomic E-state index is 0.269. The third-order valence-corrected chi connectivity index (χ3v) is 9.30. The van der Waals surface area contributed by atoms with Gasteiger partial charge >= 0.3 is 203 Å². The van der Waals surface area contributed by atoms with Crippen LogP contribution in [0.25, 0.3) is 0 Å². The van der Waals surface area contributed by atoms with Crippen LogP contribution in [0.1, 0.15) is 22.3 Å². The number of ether oxygens (including phenoxy) is 2. The van der Waals surface area contributed by atoms with Gasteiger partial charge in [-0.2, -0.15) is 0 Å². The zero-order valence-electron chi connectivity index (χ0n) is 19.2. The van der Waals surface area contributed by atoms with Crippen LogP contribution in [0.4, 0.5) is 0 Å². The van der Waals surface area contributed by atoms with E-state index in [0.29, 0.717) is 15.0 Å². The molecule has 0 radical (unpaired) electrons. The molecule has 0 spiro atoms. The number of hydrogen-bond donors (Lipinski definition) is 0. The molecule has 0 unspecified atom stereocenters. The van der Waals surface area contributed by atoms with Gasteiger partial charge < -0.3 is 0 Å². The van der Waals surface area contributed by atoms with Crippen molar-refractivity contribution in [3.8, 4) is 11.5 Å². The summed E-state index contributed by atoms with van der Waals surface area (Å²) in [5.74, 6) is 0.0836. The molecule has 0 aromatic heterocycles. The molecule has 7 heteroatoms. The average Bonchev–Trinajstić information content (AvgIpc) is 2.81. The molecule has 3 rings (SSSR count). The van der Waals surface area contributed by atoms with Crippen LogP contribution in [-0.4, -0.2) is 46.2 Å². The molecule has 0 saturated heterocycles. The third kappa shape index (κ3) is 7.00. The molecule has 33 heavy (non-hydrogen) atoms. The zero-order valence-corrected chi connectivity index (χ0v) is 21.7. The first kappa shape index (κ1) is 24.7. The van der Waals surface area contributed by atoms with Crippen LogP contribution in [0.3, 0.4) is 0 Å². The van der Waals surface area contributed by atoms with Crippen LogP contribution in [0, 0.1) is 27.7 Å². The second-order valence-corrected chi connectivity index (χ2v) is 11.5. The molecular formula is C26H27O6Sb. The Hall–Kier alpha value is -2.98. The van der Waals surface area contributed by atoms with Crippen LogP contribution < -0.4 is 13.0 Å². The number of carbonyl (C=O) groups excluding carboxylic acids is 2. The summed E-state index contributed by atoms with van der Waals surface area (Å²) in [5, 5.41) is 0. The second kappa shape index (κ2) is 11.8. The van der Waals surface area contributed by atoms with Crippen molar-refractivity contribution in [2.75, 3.05) is 13.2 Å². The topological polar surface area (TPSA) is 71.1 Å². The Morgan fingerprint density at radius 3 is 1.55 bits per heavy atom. The summed E-state index contributed by atoms with van der Waals surface area (Å²) in [7, 11) is 0. The first-order chi connectivity index (χ1) is 15.8. The van der Waals surface area contributed by atoms with Gasteiger partial charge in [0.15, 0.2) is 0 Å². The van der Waals surface area contributed by atoms with Crippen LogP contribution in [-0.2, 0) is 15.6 Å². The molecule has 172 valence electrons. The van der Waals surface area contributed by atoms with Crippen molar-refractivity contribution in [1.29, 1.82) is 0 Å². The Kier molecular flexibility index (Phi) is 8.78. The van der Waals surface area contributed by atoms with E-state index in [0.717, 1.165) is 22.3 Å². The summed E-state index contributed by atoms with van der Waals surface area (Å²) in [5.41, 5.74) is 4.05. The molecule has 3 aromatic carbocycles. The van der Waals surface area contributed by atoms with Gasteiger partial charge in [0.05, 0.1) is 0 Å². The van der Waals surface area contributed by atoms with Crippen LogP contribution >= 0.6 is 0 Å². The normalized spacial score (nSPS) is 10.6. The quantitative estimate of drug-likeness (QED) is 0.373. The van der Waals surface area contributed by atoms with Crippen molar-refractivity contribution in [3.05, 3.63) is 89.0 Å².